The van der Waals surface area contributed by atoms with Gasteiger partial charge in [-0.2, -0.15) is 0 Å². The second kappa shape index (κ2) is 6.85. The Bertz CT molecular complexity index is 716. The maximum atomic E-state index is 12.8. The molecule has 0 aliphatic carbocycles. The van der Waals surface area contributed by atoms with E-state index in [-0.39, 0.29) is 18.0 Å². The maximum Gasteiger partial charge on any atom is 0.284 e. The predicted octanol–water partition coefficient (Wildman–Crippen LogP) is 3.05. The predicted molar refractivity (Wildman–Crippen MR) is 96.4 cm³/mol. The summed E-state index contributed by atoms with van der Waals surface area (Å²) in [6.45, 7) is 4.93. The van der Waals surface area contributed by atoms with E-state index in [0.717, 1.165) is 23.1 Å². The van der Waals surface area contributed by atoms with Crippen LogP contribution in [0.2, 0.25) is 0 Å². The van der Waals surface area contributed by atoms with Crippen LogP contribution in [0, 0.1) is 0 Å². The van der Waals surface area contributed by atoms with E-state index in [2.05, 4.69) is 40.3 Å². The van der Waals surface area contributed by atoms with Crippen molar-refractivity contribution < 1.29 is 10.1 Å². The summed E-state index contributed by atoms with van der Waals surface area (Å²) in [5.41, 5.74) is 3.56. The average molecular weight is 374 g/mol. The number of carbonyl (C=O) groups excluding carboxylic acids is 1. The summed E-state index contributed by atoms with van der Waals surface area (Å²) in [6, 6.07) is 16.5. The lowest BCUT2D eigenvalue weighted by molar-refractivity contribution is -0.710. The Morgan fingerprint density at radius 2 is 1.83 bits per heavy atom. The standard InChI is InChI=1S/C19H21BrN2O/c1-13(16-8-4-5-9-17(16)20)21-14(2)19(23)22-12-11-15-7-3-6-10-18(15)22/h3-10,13-14,21H,11-12H2,1-2H3/p+1/t13-,14+/m0/s1. The fourth-order valence-corrected chi connectivity index (χ4v) is 3.92. The molecule has 23 heavy (non-hydrogen) atoms. The highest BCUT2D eigenvalue weighted by Crippen LogP contribution is 2.27. The fraction of sp³-hybridized carbons (Fsp3) is 0.316. The summed E-state index contributed by atoms with van der Waals surface area (Å²) in [7, 11) is 0. The van der Waals surface area contributed by atoms with E-state index in [9.17, 15) is 4.79 Å². The topological polar surface area (TPSA) is 36.9 Å². The first kappa shape index (κ1) is 16.2. The second-order valence-electron chi connectivity index (χ2n) is 6.16. The molecule has 0 bridgehead atoms. The van der Waals surface area contributed by atoms with Gasteiger partial charge in [-0.25, -0.2) is 0 Å². The number of nitrogens with zero attached hydrogens (tertiary/aromatic N) is 1. The van der Waals surface area contributed by atoms with Gasteiger partial charge in [0, 0.05) is 22.3 Å². The van der Waals surface area contributed by atoms with Crippen LogP contribution < -0.4 is 10.2 Å². The molecule has 0 saturated heterocycles. The zero-order valence-electron chi connectivity index (χ0n) is 13.5. The number of nitrogens with two attached hydrogens (primary N) is 1. The van der Waals surface area contributed by atoms with E-state index in [0.29, 0.717) is 0 Å². The van der Waals surface area contributed by atoms with Gasteiger partial charge in [0.25, 0.3) is 5.91 Å². The number of anilines is 1. The van der Waals surface area contributed by atoms with Crippen LogP contribution in [0.4, 0.5) is 5.69 Å². The van der Waals surface area contributed by atoms with Gasteiger partial charge in [0.2, 0.25) is 0 Å². The molecule has 0 saturated carbocycles. The highest BCUT2D eigenvalue weighted by Gasteiger charge is 2.30. The lowest BCUT2D eigenvalue weighted by atomic mass is 10.1. The Balaban J connectivity index is 1.70. The molecule has 3 rings (SSSR count). The molecule has 0 radical (unpaired) electrons. The Labute approximate surface area is 145 Å². The molecule has 1 aliphatic heterocycles. The normalized spacial score (nSPS) is 16.0. The van der Waals surface area contributed by atoms with Crippen LogP contribution in [0.15, 0.2) is 53.0 Å². The molecule has 2 aromatic rings. The minimum Gasteiger partial charge on any atom is -0.330 e. The highest BCUT2D eigenvalue weighted by molar-refractivity contribution is 9.10. The quantitative estimate of drug-likeness (QED) is 0.878. The van der Waals surface area contributed by atoms with Crippen molar-refractivity contribution in [1.82, 2.24) is 0 Å². The Hall–Kier alpha value is -1.65. The monoisotopic (exact) mass is 373 g/mol. The van der Waals surface area contributed by atoms with Gasteiger partial charge in [-0.1, -0.05) is 52.3 Å². The molecule has 120 valence electrons. The highest BCUT2D eigenvalue weighted by atomic mass is 79.9. The van der Waals surface area contributed by atoms with Crippen LogP contribution in [0.1, 0.15) is 31.0 Å². The first-order valence-corrected chi connectivity index (χ1v) is 8.86. The lowest BCUT2D eigenvalue weighted by Crippen LogP contribution is -2.92. The van der Waals surface area contributed by atoms with Crippen LogP contribution in [-0.2, 0) is 11.2 Å². The van der Waals surface area contributed by atoms with E-state index in [4.69, 9.17) is 0 Å². The van der Waals surface area contributed by atoms with Gasteiger partial charge < -0.3 is 10.2 Å². The number of rotatable bonds is 4. The number of quaternary nitrogens is 1. The summed E-state index contributed by atoms with van der Waals surface area (Å²) in [5, 5.41) is 2.14. The van der Waals surface area contributed by atoms with Crippen molar-refractivity contribution in [3.63, 3.8) is 0 Å². The Kier molecular flexibility index (Phi) is 4.83. The number of para-hydroxylation sites is 1. The number of halogens is 1. The second-order valence-corrected chi connectivity index (χ2v) is 7.01. The molecule has 4 heteroatoms. The van der Waals surface area contributed by atoms with Crippen molar-refractivity contribution in [3.05, 3.63) is 64.1 Å². The molecule has 1 aliphatic rings. The minimum atomic E-state index is -0.108. The molecule has 2 atom stereocenters. The Morgan fingerprint density at radius 1 is 1.13 bits per heavy atom. The molecule has 3 nitrogen and oxygen atoms in total. The van der Waals surface area contributed by atoms with E-state index in [1.54, 1.807) is 0 Å². The smallest absolute Gasteiger partial charge is 0.284 e. The summed E-state index contributed by atoms with van der Waals surface area (Å²) < 4.78 is 1.09. The van der Waals surface area contributed by atoms with E-state index in [1.807, 2.05) is 48.2 Å². The van der Waals surface area contributed by atoms with Crippen molar-refractivity contribution in [1.29, 1.82) is 0 Å². The fourth-order valence-electron chi connectivity index (χ4n) is 3.28. The van der Waals surface area contributed by atoms with Crippen molar-refractivity contribution >= 4 is 27.5 Å². The number of amides is 1. The number of hydrogen-bond acceptors (Lipinski definition) is 1. The molecular formula is C19H22BrN2O+. The van der Waals surface area contributed by atoms with Gasteiger partial charge >= 0.3 is 0 Å². The summed E-state index contributed by atoms with van der Waals surface area (Å²) in [6.07, 6.45) is 0.953. The van der Waals surface area contributed by atoms with Gasteiger partial charge in [-0.3, -0.25) is 4.79 Å². The van der Waals surface area contributed by atoms with Gasteiger partial charge in [-0.15, -0.1) is 0 Å². The van der Waals surface area contributed by atoms with Crippen molar-refractivity contribution in [2.45, 2.75) is 32.4 Å². The number of carbonyl (C=O) groups is 1. The van der Waals surface area contributed by atoms with Crippen LogP contribution >= 0.6 is 15.9 Å². The van der Waals surface area contributed by atoms with E-state index < -0.39 is 0 Å². The molecule has 1 heterocycles. The summed E-state index contributed by atoms with van der Waals surface area (Å²) >= 11 is 3.60. The molecule has 2 N–H and O–H groups in total. The molecule has 0 spiro atoms. The first-order valence-electron chi connectivity index (χ1n) is 8.06. The number of hydrogen-bond donors (Lipinski definition) is 1. The zero-order valence-corrected chi connectivity index (χ0v) is 15.1. The first-order chi connectivity index (χ1) is 11.1. The average Bonchev–Trinajstić information content (AvgIpc) is 2.98. The molecule has 0 fully saturated rings. The SMILES string of the molecule is C[C@H]([NH2+][C@H](C)C(=O)N1CCc2ccccc21)c1ccccc1Br. The third-order valence-electron chi connectivity index (χ3n) is 4.52. The third kappa shape index (κ3) is 3.33. The van der Waals surface area contributed by atoms with Gasteiger partial charge in [0.1, 0.15) is 6.04 Å². The van der Waals surface area contributed by atoms with Crippen molar-refractivity contribution in [2.24, 2.45) is 0 Å². The van der Waals surface area contributed by atoms with Gasteiger partial charge in [0.15, 0.2) is 6.04 Å². The summed E-state index contributed by atoms with van der Waals surface area (Å²) in [4.78, 5) is 14.8. The maximum absolute atomic E-state index is 12.8. The van der Waals surface area contributed by atoms with Crippen LogP contribution in [-0.4, -0.2) is 18.5 Å². The molecule has 2 aromatic carbocycles. The van der Waals surface area contributed by atoms with Crippen molar-refractivity contribution in [3.8, 4) is 0 Å². The van der Waals surface area contributed by atoms with Gasteiger partial charge in [-0.05, 0) is 38.0 Å². The van der Waals surface area contributed by atoms with Gasteiger partial charge in [0.05, 0.1) is 0 Å². The number of benzene rings is 2. The van der Waals surface area contributed by atoms with Crippen molar-refractivity contribution in [2.75, 3.05) is 11.4 Å². The molecular weight excluding hydrogens is 352 g/mol. The largest absolute Gasteiger partial charge is 0.330 e. The van der Waals surface area contributed by atoms with Crippen LogP contribution in [0.3, 0.4) is 0 Å². The van der Waals surface area contributed by atoms with E-state index >= 15 is 0 Å². The third-order valence-corrected chi connectivity index (χ3v) is 5.24. The lowest BCUT2D eigenvalue weighted by Gasteiger charge is -2.23. The minimum absolute atomic E-state index is 0.108. The summed E-state index contributed by atoms with van der Waals surface area (Å²) in [5.74, 6) is 0.189. The molecule has 1 amide bonds. The number of fused-ring (bicyclic) bond motifs is 1. The van der Waals surface area contributed by atoms with Crippen LogP contribution in [0.5, 0.6) is 0 Å². The van der Waals surface area contributed by atoms with Crippen LogP contribution in [0.25, 0.3) is 0 Å². The Morgan fingerprint density at radius 3 is 2.61 bits per heavy atom. The zero-order chi connectivity index (χ0) is 16.4. The van der Waals surface area contributed by atoms with E-state index in [1.165, 1.54) is 11.1 Å². The molecule has 0 aromatic heterocycles. The molecule has 0 unspecified atom stereocenters.